The van der Waals surface area contributed by atoms with E-state index in [2.05, 4.69) is 20.8 Å². The molecule has 0 bridgehead atoms. The summed E-state index contributed by atoms with van der Waals surface area (Å²) in [5, 5.41) is 14.6. The molecule has 3 amide bonds. The first-order chi connectivity index (χ1) is 16.5. The predicted molar refractivity (Wildman–Crippen MR) is 126 cm³/mol. The van der Waals surface area contributed by atoms with Gasteiger partial charge >= 0.3 is 6.03 Å². The molecule has 0 saturated carbocycles. The SMILES string of the molecule is COc1ccc(NC(=O)N2CCC[C@@H](c3nnc(C(=O)Nc4cccc(F)c4)s3)C2)c(OC)c1. The molecular formula is C23H24FN5O4S. The molecule has 2 aromatic carbocycles. The molecule has 0 spiro atoms. The lowest BCUT2D eigenvalue weighted by Crippen LogP contribution is -2.41. The van der Waals surface area contributed by atoms with Crippen molar-refractivity contribution in [3.63, 3.8) is 0 Å². The number of nitrogens with one attached hydrogen (secondary N) is 2. The van der Waals surface area contributed by atoms with Gasteiger partial charge in [-0.2, -0.15) is 0 Å². The highest BCUT2D eigenvalue weighted by atomic mass is 32.1. The van der Waals surface area contributed by atoms with Crippen molar-refractivity contribution in [2.45, 2.75) is 18.8 Å². The van der Waals surface area contributed by atoms with Crippen LogP contribution in [-0.4, -0.2) is 54.3 Å². The Balaban J connectivity index is 1.40. The fourth-order valence-electron chi connectivity index (χ4n) is 3.70. The van der Waals surface area contributed by atoms with Gasteiger partial charge in [0.25, 0.3) is 5.91 Å². The van der Waals surface area contributed by atoms with E-state index in [0.717, 1.165) is 12.8 Å². The van der Waals surface area contributed by atoms with E-state index >= 15 is 0 Å². The first-order valence-corrected chi connectivity index (χ1v) is 11.5. The van der Waals surface area contributed by atoms with Crippen LogP contribution in [0, 0.1) is 5.82 Å². The molecule has 9 nitrogen and oxygen atoms in total. The molecule has 1 atom stereocenters. The van der Waals surface area contributed by atoms with E-state index in [4.69, 9.17) is 9.47 Å². The standard InChI is InChI=1S/C23H24FN5O4S/c1-32-17-8-9-18(19(12-17)33-2)26-23(31)29-10-4-5-14(13-29)21-27-28-22(34-21)20(30)25-16-7-3-6-15(24)11-16/h3,6-9,11-12,14H,4-5,10,13H2,1-2H3,(H,25,30)(H,26,31)/t14-/m1/s1. The maximum Gasteiger partial charge on any atom is 0.321 e. The highest BCUT2D eigenvalue weighted by Gasteiger charge is 2.28. The number of likely N-dealkylation sites (tertiary alicyclic amines) is 1. The molecule has 4 rings (SSSR count). The summed E-state index contributed by atoms with van der Waals surface area (Å²) in [7, 11) is 3.09. The Hall–Kier alpha value is -3.73. The number of hydrogen-bond acceptors (Lipinski definition) is 7. The number of urea groups is 1. The molecule has 3 aromatic rings. The van der Waals surface area contributed by atoms with Crippen LogP contribution in [-0.2, 0) is 0 Å². The zero-order chi connectivity index (χ0) is 24.1. The highest BCUT2D eigenvalue weighted by molar-refractivity contribution is 7.13. The average molecular weight is 486 g/mol. The lowest BCUT2D eigenvalue weighted by atomic mass is 9.99. The van der Waals surface area contributed by atoms with Crippen molar-refractivity contribution in [1.29, 1.82) is 0 Å². The monoisotopic (exact) mass is 485 g/mol. The second-order valence-electron chi connectivity index (χ2n) is 7.69. The number of nitrogens with zero attached hydrogens (tertiary/aromatic N) is 3. The van der Waals surface area contributed by atoms with E-state index < -0.39 is 11.7 Å². The number of hydrogen-bond donors (Lipinski definition) is 2. The third-order valence-electron chi connectivity index (χ3n) is 5.43. The van der Waals surface area contributed by atoms with Crippen molar-refractivity contribution in [2.75, 3.05) is 37.9 Å². The van der Waals surface area contributed by atoms with Gasteiger partial charge in [0, 0.05) is 30.8 Å². The minimum atomic E-state index is -0.452. The third kappa shape index (κ3) is 5.42. The Morgan fingerprint density at radius 2 is 1.97 bits per heavy atom. The van der Waals surface area contributed by atoms with Gasteiger partial charge in [-0.25, -0.2) is 9.18 Å². The van der Waals surface area contributed by atoms with Crippen LogP contribution in [0.4, 0.5) is 20.6 Å². The summed E-state index contributed by atoms with van der Waals surface area (Å²) in [4.78, 5) is 27.1. The van der Waals surface area contributed by atoms with Crippen LogP contribution in [0.25, 0.3) is 0 Å². The van der Waals surface area contributed by atoms with E-state index in [1.165, 1.54) is 36.6 Å². The summed E-state index contributed by atoms with van der Waals surface area (Å²) in [6, 6.07) is 10.6. The lowest BCUT2D eigenvalue weighted by Gasteiger charge is -2.31. The quantitative estimate of drug-likeness (QED) is 0.538. The Bertz CT molecular complexity index is 1190. The molecule has 34 heavy (non-hydrogen) atoms. The molecule has 1 aliphatic rings. The number of methoxy groups -OCH3 is 2. The molecule has 178 valence electrons. The maximum absolute atomic E-state index is 13.4. The smallest absolute Gasteiger partial charge is 0.321 e. The fraction of sp³-hybridized carbons (Fsp3) is 0.304. The van der Waals surface area contributed by atoms with Gasteiger partial charge in [-0.15, -0.1) is 10.2 Å². The first kappa shape index (κ1) is 23.4. The Morgan fingerprint density at radius 3 is 2.74 bits per heavy atom. The Labute approximate surface area is 199 Å². The van der Waals surface area contributed by atoms with Crippen LogP contribution in [0.2, 0.25) is 0 Å². The topological polar surface area (TPSA) is 106 Å². The van der Waals surface area contributed by atoms with Crippen LogP contribution in [0.1, 0.15) is 33.6 Å². The third-order valence-corrected chi connectivity index (χ3v) is 6.51. The van der Waals surface area contributed by atoms with E-state index in [1.807, 2.05) is 0 Å². The zero-order valence-corrected chi connectivity index (χ0v) is 19.5. The van der Waals surface area contributed by atoms with Gasteiger partial charge in [0.2, 0.25) is 5.01 Å². The molecule has 1 aromatic heterocycles. The molecule has 11 heteroatoms. The van der Waals surface area contributed by atoms with Gasteiger partial charge in [0.15, 0.2) is 0 Å². The van der Waals surface area contributed by atoms with Crippen LogP contribution in [0.5, 0.6) is 11.5 Å². The highest BCUT2D eigenvalue weighted by Crippen LogP contribution is 2.32. The van der Waals surface area contributed by atoms with Crippen LogP contribution < -0.4 is 20.1 Å². The molecule has 0 aliphatic carbocycles. The van der Waals surface area contributed by atoms with Gasteiger partial charge < -0.3 is 25.0 Å². The number of anilines is 2. The fourth-order valence-corrected chi connectivity index (χ4v) is 4.57. The summed E-state index contributed by atoms with van der Waals surface area (Å²) in [5.74, 6) is 0.196. The van der Waals surface area contributed by atoms with E-state index in [-0.39, 0.29) is 17.0 Å². The summed E-state index contributed by atoms with van der Waals surface area (Å²) in [5.41, 5.74) is 0.888. The number of carbonyl (C=O) groups is 2. The zero-order valence-electron chi connectivity index (χ0n) is 18.7. The summed E-state index contributed by atoms with van der Waals surface area (Å²) in [6.45, 7) is 1.05. The van der Waals surface area contributed by atoms with Crippen molar-refractivity contribution in [1.82, 2.24) is 15.1 Å². The van der Waals surface area contributed by atoms with Crippen molar-refractivity contribution < 1.29 is 23.5 Å². The number of piperidine rings is 1. The van der Waals surface area contributed by atoms with E-state index in [1.54, 1.807) is 36.3 Å². The molecule has 2 heterocycles. The molecule has 1 fully saturated rings. The average Bonchev–Trinajstić information content (AvgIpc) is 3.35. The van der Waals surface area contributed by atoms with E-state index in [0.29, 0.717) is 41.0 Å². The van der Waals surface area contributed by atoms with Crippen LogP contribution in [0.15, 0.2) is 42.5 Å². The van der Waals surface area contributed by atoms with Crippen LogP contribution in [0.3, 0.4) is 0 Å². The number of rotatable bonds is 6. The largest absolute Gasteiger partial charge is 0.497 e. The van der Waals surface area contributed by atoms with Crippen molar-refractivity contribution in [3.8, 4) is 11.5 Å². The number of carbonyl (C=O) groups excluding carboxylic acids is 2. The van der Waals surface area contributed by atoms with Gasteiger partial charge in [-0.1, -0.05) is 17.4 Å². The molecule has 1 saturated heterocycles. The Morgan fingerprint density at radius 1 is 1.12 bits per heavy atom. The molecular weight excluding hydrogens is 461 g/mol. The van der Waals surface area contributed by atoms with Crippen LogP contribution >= 0.6 is 11.3 Å². The minimum Gasteiger partial charge on any atom is -0.497 e. The van der Waals surface area contributed by atoms with Gasteiger partial charge in [0.05, 0.1) is 19.9 Å². The van der Waals surface area contributed by atoms with Gasteiger partial charge in [-0.3, -0.25) is 4.79 Å². The van der Waals surface area contributed by atoms with E-state index in [9.17, 15) is 14.0 Å². The molecule has 1 aliphatic heterocycles. The lowest BCUT2D eigenvalue weighted by molar-refractivity contribution is 0.102. The number of amides is 3. The second-order valence-corrected chi connectivity index (χ2v) is 8.70. The summed E-state index contributed by atoms with van der Waals surface area (Å²) in [6.07, 6.45) is 1.62. The van der Waals surface area contributed by atoms with Crippen molar-refractivity contribution >= 4 is 34.6 Å². The normalized spacial score (nSPS) is 15.5. The second kappa shape index (κ2) is 10.5. The Kier molecular flexibility index (Phi) is 7.21. The molecule has 0 radical (unpaired) electrons. The van der Waals surface area contributed by atoms with Crippen molar-refractivity contribution in [2.24, 2.45) is 0 Å². The molecule has 0 unspecified atom stereocenters. The minimum absolute atomic E-state index is 0.0366. The summed E-state index contributed by atoms with van der Waals surface area (Å²) >= 11 is 1.18. The first-order valence-electron chi connectivity index (χ1n) is 10.6. The number of benzene rings is 2. The number of ether oxygens (including phenoxy) is 2. The predicted octanol–water partition coefficient (Wildman–Crippen LogP) is 4.36. The van der Waals surface area contributed by atoms with Crippen molar-refractivity contribution in [3.05, 3.63) is 58.3 Å². The van der Waals surface area contributed by atoms with Gasteiger partial charge in [-0.05, 0) is 43.2 Å². The molecule has 2 N–H and O–H groups in total. The maximum atomic E-state index is 13.4. The number of halogens is 1. The van der Waals surface area contributed by atoms with Gasteiger partial charge in [0.1, 0.15) is 22.3 Å². The summed E-state index contributed by atoms with van der Waals surface area (Å²) < 4.78 is 23.9. The number of aromatic nitrogens is 2.